The lowest BCUT2D eigenvalue weighted by Crippen LogP contribution is -2.34. The summed E-state index contributed by atoms with van der Waals surface area (Å²) in [6.45, 7) is 7.22. The fraction of sp³-hybridized carbons (Fsp3) is 0.625. The van der Waals surface area contributed by atoms with E-state index in [9.17, 15) is 5.11 Å². The lowest BCUT2D eigenvalue weighted by atomic mass is 9.69. The zero-order valence-electron chi connectivity index (χ0n) is 11.7. The minimum absolute atomic E-state index is 0.373. The molecule has 0 spiro atoms. The fourth-order valence-corrected chi connectivity index (χ4v) is 2.66. The summed E-state index contributed by atoms with van der Waals surface area (Å²) in [6, 6.07) is 7.92. The average molecular weight is 248 g/mol. The van der Waals surface area contributed by atoms with Crippen LogP contribution in [0.4, 0.5) is 0 Å². The van der Waals surface area contributed by atoms with Gasteiger partial charge in [-0.15, -0.1) is 0 Å². The van der Waals surface area contributed by atoms with Crippen molar-refractivity contribution in [3.63, 3.8) is 0 Å². The normalized spacial score (nSPS) is 21.6. The summed E-state index contributed by atoms with van der Waals surface area (Å²) in [4.78, 5) is 0. The zero-order chi connectivity index (χ0) is 13.2. The predicted octanol–water partition coefficient (Wildman–Crippen LogP) is 3.87. The molecule has 1 N–H and O–H groups in total. The molecule has 0 radical (unpaired) electrons. The molecule has 0 aromatic heterocycles. The highest BCUT2D eigenvalue weighted by atomic mass is 16.5. The van der Waals surface area contributed by atoms with Gasteiger partial charge < -0.3 is 9.84 Å². The quantitative estimate of drug-likeness (QED) is 0.879. The molecular formula is C16H24O2. The van der Waals surface area contributed by atoms with Crippen molar-refractivity contribution in [2.24, 2.45) is 5.41 Å². The van der Waals surface area contributed by atoms with E-state index in [4.69, 9.17) is 4.74 Å². The van der Waals surface area contributed by atoms with Crippen molar-refractivity contribution in [1.29, 1.82) is 0 Å². The first kappa shape index (κ1) is 13.4. The first-order valence-corrected chi connectivity index (χ1v) is 6.91. The standard InChI is InChI=1S/C16H24O2/c1-4-18-14-7-5-13(6-8-14)16(17)11-9-15(2,3)10-12-16/h5-8,17H,4,9-12H2,1-3H3. The number of ether oxygens (including phenoxy) is 1. The molecule has 1 saturated carbocycles. The topological polar surface area (TPSA) is 29.5 Å². The highest BCUT2D eigenvalue weighted by Gasteiger charge is 2.37. The van der Waals surface area contributed by atoms with Crippen LogP contribution >= 0.6 is 0 Å². The Kier molecular flexibility index (Phi) is 3.67. The van der Waals surface area contributed by atoms with Crippen LogP contribution in [0.1, 0.15) is 52.0 Å². The Balaban J connectivity index is 2.11. The van der Waals surface area contributed by atoms with Crippen molar-refractivity contribution in [2.45, 2.75) is 52.1 Å². The molecule has 1 aliphatic carbocycles. The molecule has 0 aliphatic heterocycles. The van der Waals surface area contributed by atoms with Gasteiger partial charge in [0, 0.05) is 0 Å². The first-order valence-electron chi connectivity index (χ1n) is 6.91. The summed E-state index contributed by atoms with van der Waals surface area (Å²) in [7, 11) is 0. The minimum Gasteiger partial charge on any atom is -0.494 e. The van der Waals surface area contributed by atoms with Crippen LogP contribution in [0.25, 0.3) is 0 Å². The van der Waals surface area contributed by atoms with E-state index in [2.05, 4.69) is 13.8 Å². The molecule has 2 nitrogen and oxygen atoms in total. The van der Waals surface area contributed by atoms with Crippen LogP contribution in [0, 0.1) is 5.41 Å². The second-order valence-electron chi connectivity index (χ2n) is 6.15. The molecule has 1 aromatic carbocycles. The van der Waals surface area contributed by atoms with Crippen LogP contribution < -0.4 is 4.74 Å². The van der Waals surface area contributed by atoms with Crippen molar-refractivity contribution in [1.82, 2.24) is 0 Å². The molecule has 0 heterocycles. The lowest BCUT2D eigenvalue weighted by Gasteiger charge is -2.40. The molecule has 0 atom stereocenters. The third-order valence-corrected chi connectivity index (χ3v) is 4.13. The smallest absolute Gasteiger partial charge is 0.119 e. The predicted molar refractivity (Wildman–Crippen MR) is 73.8 cm³/mol. The Labute approximate surface area is 110 Å². The first-order chi connectivity index (χ1) is 8.45. The number of hydrogen-bond acceptors (Lipinski definition) is 2. The van der Waals surface area contributed by atoms with E-state index < -0.39 is 5.60 Å². The van der Waals surface area contributed by atoms with E-state index in [1.54, 1.807) is 0 Å². The molecule has 18 heavy (non-hydrogen) atoms. The highest BCUT2D eigenvalue weighted by molar-refractivity contribution is 5.31. The SMILES string of the molecule is CCOc1ccc(C2(O)CCC(C)(C)CC2)cc1. The number of rotatable bonds is 3. The van der Waals surface area contributed by atoms with Gasteiger partial charge in [-0.3, -0.25) is 0 Å². The van der Waals surface area contributed by atoms with Crippen LogP contribution in [0.15, 0.2) is 24.3 Å². The van der Waals surface area contributed by atoms with E-state index in [1.165, 1.54) is 0 Å². The van der Waals surface area contributed by atoms with Gasteiger partial charge in [-0.05, 0) is 55.7 Å². The Hall–Kier alpha value is -1.02. The molecule has 1 aliphatic rings. The van der Waals surface area contributed by atoms with E-state index >= 15 is 0 Å². The second-order valence-corrected chi connectivity index (χ2v) is 6.15. The highest BCUT2D eigenvalue weighted by Crippen LogP contribution is 2.45. The molecule has 0 bridgehead atoms. The molecular weight excluding hydrogens is 224 g/mol. The Morgan fingerprint density at radius 3 is 2.11 bits per heavy atom. The number of aliphatic hydroxyl groups is 1. The summed E-state index contributed by atoms with van der Waals surface area (Å²) in [6.07, 6.45) is 3.87. The summed E-state index contributed by atoms with van der Waals surface area (Å²) in [5, 5.41) is 10.8. The van der Waals surface area contributed by atoms with Crippen molar-refractivity contribution in [3.05, 3.63) is 29.8 Å². The van der Waals surface area contributed by atoms with Gasteiger partial charge in [-0.1, -0.05) is 26.0 Å². The average Bonchev–Trinajstić information content (AvgIpc) is 2.35. The Morgan fingerprint density at radius 2 is 1.61 bits per heavy atom. The number of benzene rings is 1. The van der Waals surface area contributed by atoms with Crippen molar-refractivity contribution >= 4 is 0 Å². The van der Waals surface area contributed by atoms with Gasteiger partial charge in [-0.2, -0.15) is 0 Å². The van der Waals surface area contributed by atoms with E-state index in [1.807, 2.05) is 31.2 Å². The molecule has 1 aromatic rings. The van der Waals surface area contributed by atoms with Crippen LogP contribution in [0.3, 0.4) is 0 Å². The van der Waals surface area contributed by atoms with Gasteiger partial charge in [0.05, 0.1) is 12.2 Å². The third kappa shape index (κ3) is 2.86. The minimum atomic E-state index is -0.639. The van der Waals surface area contributed by atoms with Crippen molar-refractivity contribution < 1.29 is 9.84 Å². The largest absolute Gasteiger partial charge is 0.494 e. The van der Waals surface area contributed by atoms with Crippen LogP contribution in [0.5, 0.6) is 5.75 Å². The monoisotopic (exact) mass is 248 g/mol. The van der Waals surface area contributed by atoms with Crippen LogP contribution in [-0.4, -0.2) is 11.7 Å². The molecule has 100 valence electrons. The van der Waals surface area contributed by atoms with Gasteiger partial charge in [-0.25, -0.2) is 0 Å². The van der Waals surface area contributed by atoms with Gasteiger partial charge in [0.15, 0.2) is 0 Å². The van der Waals surface area contributed by atoms with Gasteiger partial charge in [0.1, 0.15) is 5.75 Å². The van der Waals surface area contributed by atoms with Gasteiger partial charge in [0.25, 0.3) is 0 Å². The van der Waals surface area contributed by atoms with Crippen molar-refractivity contribution in [3.8, 4) is 5.75 Å². The van der Waals surface area contributed by atoms with Crippen LogP contribution in [-0.2, 0) is 5.60 Å². The summed E-state index contributed by atoms with van der Waals surface area (Å²) >= 11 is 0. The van der Waals surface area contributed by atoms with E-state index in [-0.39, 0.29) is 0 Å². The lowest BCUT2D eigenvalue weighted by molar-refractivity contribution is -0.0305. The summed E-state index contributed by atoms with van der Waals surface area (Å²) < 4.78 is 5.43. The zero-order valence-corrected chi connectivity index (χ0v) is 11.7. The van der Waals surface area contributed by atoms with Gasteiger partial charge in [0.2, 0.25) is 0 Å². The van der Waals surface area contributed by atoms with Crippen LogP contribution in [0.2, 0.25) is 0 Å². The van der Waals surface area contributed by atoms with E-state index in [0.29, 0.717) is 12.0 Å². The molecule has 2 heteroatoms. The maximum absolute atomic E-state index is 10.8. The Morgan fingerprint density at radius 1 is 1.06 bits per heavy atom. The van der Waals surface area contributed by atoms with Crippen molar-refractivity contribution in [2.75, 3.05) is 6.61 Å². The summed E-state index contributed by atoms with van der Waals surface area (Å²) in [5.41, 5.74) is 0.763. The molecule has 1 fully saturated rings. The maximum Gasteiger partial charge on any atom is 0.119 e. The second kappa shape index (κ2) is 4.93. The maximum atomic E-state index is 10.8. The molecule has 2 rings (SSSR count). The third-order valence-electron chi connectivity index (χ3n) is 4.13. The van der Waals surface area contributed by atoms with Gasteiger partial charge >= 0.3 is 0 Å². The summed E-state index contributed by atoms with van der Waals surface area (Å²) in [5.74, 6) is 0.876. The molecule has 0 amide bonds. The Bertz CT molecular complexity index is 382. The van der Waals surface area contributed by atoms with E-state index in [0.717, 1.165) is 37.0 Å². The molecule has 0 unspecified atom stereocenters. The molecule has 0 saturated heterocycles. The fourth-order valence-electron chi connectivity index (χ4n) is 2.66. The number of hydrogen-bond donors (Lipinski definition) is 1.